The number of hydrogen-bond acceptors (Lipinski definition) is 4. The predicted molar refractivity (Wildman–Crippen MR) is 60.8 cm³/mol. The van der Waals surface area contributed by atoms with E-state index in [9.17, 15) is 4.79 Å². The van der Waals surface area contributed by atoms with Crippen LogP contribution in [0, 0.1) is 5.41 Å². The molecule has 0 atom stereocenters. The van der Waals surface area contributed by atoms with Crippen molar-refractivity contribution in [1.29, 1.82) is 0 Å². The van der Waals surface area contributed by atoms with Crippen molar-refractivity contribution < 1.29 is 14.1 Å². The Bertz CT molecular complexity index is 351. The molecule has 1 saturated heterocycles. The summed E-state index contributed by atoms with van der Waals surface area (Å²) in [6, 6.07) is 1.82. The zero-order chi connectivity index (χ0) is 10.9. The molecule has 1 fully saturated rings. The third kappa shape index (κ3) is 2.48. The molecule has 0 saturated carbocycles. The second-order valence-electron chi connectivity index (χ2n) is 4.52. The van der Waals surface area contributed by atoms with E-state index < -0.39 is 0 Å². The van der Waals surface area contributed by atoms with E-state index in [1.807, 2.05) is 11.4 Å². The lowest BCUT2D eigenvalue weighted by Crippen LogP contribution is -2.46. The summed E-state index contributed by atoms with van der Waals surface area (Å²) < 4.78 is 11.2. The molecule has 5 heteroatoms. The highest BCUT2D eigenvalue weighted by molar-refractivity contribution is 7.12. The molecule has 0 N–H and O–H groups in total. The predicted octanol–water partition coefficient (Wildman–Crippen LogP) is 1.33. The van der Waals surface area contributed by atoms with Gasteiger partial charge in [0.1, 0.15) is 0 Å². The number of aldehydes is 1. The Kier molecular flexibility index (Phi) is 2.95. The van der Waals surface area contributed by atoms with Crippen molar-refractivity contribution >= 4 is 30.2 Å². The van der Waals surface area contributed by atoms with E-state index in [2.05, 4.69) is 13.8 Å². The van der Waals surface area contributed by atoms with Crippen LogP contribution < -0.4 is 5.46 Å². The van der Waals surface area contributed by atoms with Crippen molar-refractivity contribution in [1.82, 2.24) is 0 Å². The molecule has 0 spiro atoms. The number of thiophene rings is 1. The molecule has 1 aliphatic rings. The largest absolute Gasteiger partial charge is 0.494 e. The molecular weight excluding hydrogens is 211 g/mol. The van der Waals surface area contributed by atoms with E-state index in [-0.39, 0.29) is 12.5 Å². The molecule has 1 aromatic rings. The minimum atomic E-state index is -0.303. The molecule has 0 radical (unpaired) electrons. The molecule has 15 heavy (non-hydrogen) atoms. The Labute approximate surface area is 93.5 Å². The van der Waals surface area contributed by atoms with Gasteiger partial charge in [-0.25, -0.2) is 0 Å². The highest BCUT2D eigenvalue weighted by atomic mass is 32.1. The first-order valence-electron chi connectivity index (χ1n) is 4.87. The van der Waals surface area contributed by atoms with Crippen LogP contribution in [0.25, 0.3) is 0 Å². The Morgan fingerprint density at radius 2 is 2.13 bits per heavy atom. The summed E-state index contributed by atoms with van der Waals surface area (Å²) in [7, 11) is -0.303. The van der Waals surface area contributed by atoms with Crippen LogP contribution in [0.3, 0.4) is 0 Å². The molecule has 0 aliphatic carbocycles. The van der Waals surface area contributed by atoms with Gasteiger partial charge >= 0.3 is 7.12 Å². The van der Waals surface area contributed by atoms with Crippen molar-refractivity contribution in [2.24, 2.45) is 5.41 Å². The molecular formula is C10H13BO3S. The molecule has 80 valence electrons. The smallest absolute Gasteiger partial charge is 0.407 e. The molecule has 2 heterocycles. The van der Waals surface area contributed by atoms with Crippen molar-refractivity contribution in [3.8, 4) is 0 Å². The quantitative estimate of drug-likeness (QED) is 0.561. The monoisotopic (exact) mass is 224 g/mol. The maximum atomic E-state index is 10.5. The van der Waals surface area contributed by atoms with E-state index in [1.54, 1.807) is 0 Å². The third-order valence-corrected chi connectivity index (χ3v) is 3.16. The average Bonchev–Trinajstić information content (AvgIpc) is 2.66. The summed E-state index contributed by atoms with van der Waals surface area (Å²) in [6.45, 7) is 5.58. The van der Waals surface area contributed by atoms with Gasteiger partial charge in [0.05, 0.1) is 4.88 Å². The summed E-state index contributed by atoms with van der Waals surface area (Å²) in [4.78, 5) is 11.2. The highest BCUT2D eigenvalue weighted by Gasteiger charge is 2.33. The molecule has 0 aromatic carbocycles. The molecule has 2 rings (SSSR count). The first-order chi connectivity index (χ1) is 7.11. The lowest BCUT2D eigenvalue weighted by atomic mass is 9.77. The highest BCUT2D eigenvalue weighted by Crippen LogP contribution is 2.21. The van der Waals surface area contributed by atoms with Crippen molar-refractivity contribution in [3.63, 3.8) is 0 Å². The minimum Gasteiger partial charge on any atom is -0.407 e. The summed E-state index contributed by atoms with van der Waals surface area (Å²) >= 11 is 1.42. The Balaban J connectivity index is 2.04. The molecule has 0 bridgehead atoms. The molecule has 3 nitrogen and oxygen atoms in total. The van der Waals surface area contributed by atoms with E-state index >= 15 is 0 Å². The van der Waals surface area contributed by atoms with Crippen LogP contribution in [0.15, 0.2) is 11.4 Å². The van der Waals surface area contributed by atoms with Gasteiger partial charge in [-0.3, -0.25) is 4.79 Å². The number of hydrogen-bond donors (Lipinski definition) is 0. The Hall–Kier alpha value is -0.645. The topological polar surface area (TPSA) is 35.5 Å². The number of carbonyl (C=O) groups excluding carboxylic acids is 1. The summed E-state index contributed by atoms with van der Waals surface area (Å²) in [5.74, 6) is 0. The third-order valence-electron chi connectivity index (χ3n) is 2.28. The lowest BCUT2D eigenvalue weighted by Gasteiger charge is -2.32. The van der Waals surface area contributed by atoms with Gasteiger partial charge in [0.25, 0.3) is 0 Å². The summed E-state index contributed by atoms with van der Waals surface area (Å²) in [5, 5.41) is 1.91. The van der Waals surface area contributed by atoms with Crippen LogP contribution in [0.4, 0.5) is 0 Å². The van der Waals surface area contributed by atoms with Crippen LogP contribution in [-0.2, 0) is 9.31 Å². The fourth-order valence-corrected chi connectivity index (χ4v) is 2.15. The lowest BCUT2D eigenvalue weighted by molar-refractivity contribution is 0.0343. The van der Waals surface area contributed by atoms with Gasteiger partial charge in [-0.1, -0.05) is 13.8 Å². The molecule has 1 aromatic heterocycles. The van der Waals surface area contributed by atoms with Crippen molar-refractivity contribution in [3.05, 3.63) is 16.3 Å². The standard InChI is InChI=1S/C10H13BO3S/c1-10(2)6-13-11(14-7-10)8-3-9(4-12)15-5-8/h3-5H,6-7H2,1-2H3. The zero-order valence-electron chi connectivity index (χ0n) is 8.86. The van der Waals surface area contributed by atoms with Crippen LogP contribution in [0.5, 0.6) is 0 Å². The average molecular weight is 224 g/mol. The Morgan fingerprint density at radius 3 is 2.67 bits per heavy atom. The van der Waals surface area contributed by atoms with Crippen LogP contribution in [0.2, 0.25) is 0 Å². The second-order valence-corrected chi connectivity index (χ2v) is 5.46. The van der Waals surface area contributed by atoms with Gasteiger partial charge in [-0.2, -0.15) is 0 Å². The number of carbonyl (C=O) groups is 1. The van der Waals surface area contributed by atoms with Gasteiger partial charge in [0.2, 0.25) is 0 Å². The maximum absolute atomic E-state index is 10.5. The molecule has 0 unspecified atom stereocenters. The fourth-order valence-electron chi connectivity index (χ4n) is 1.44. The van der Waals surface area contributed by atoms with E-state index in [1.165, 1.54) is 11.3 Å². The first kappa shape index (κ1) is 10.9. The normalized spacial score (nSPS) is 20.3. The van der Waals surface area contributed by atoms with Gasteiger partial charge in [0, 0.05) is 18.6 Å². The van der Waals surface area contributed by atoms with E-state index in [0.717, 1.165) is 11.7 Å². The van der Waals surface area contributed by atoms with Crippen molar-refractivity contribution in [2.75, 3.05) is 13.2 Å². The molecule has 0 amide bonds. The van der Waals surface area contributed by atoms with Gasteiger partial charge in [-0.05, 0) is 16.9 Å². The van der Waals surface area contributed by atoms with Crippen LogP contribution >= 0.6 is 11.3 Å². The SMILES string of the molecule is CC1(C)COB(c2csc(C=O)c2)OC1. The Morgan fingerprint density at radius 1 is 1.47 bits per heavy atom. The van der Waals surface area contributed by atoms with E-state index in [4.69, 9.17) is 9.31 Å². The number of rotatable bonds is 2. The zero-order valence-corrected chi connectivity index (χ0v) is 9.67. The summed E-state index contributed by atoms with van der Waals surface area (Å²) in [6.07, 6.45) is 0.848. The first-order valence-corrected chi connectivity index (χ1v) is 5.75. The second kappa shape index (κ2) is 4.08. The van der Waals surface area contributed by atoms with E-state index in [0.29, 0.717) is 18.1 Å². The maximum Gasteiger partial charge on any atom is 0.494 e. The van der Waals surface area contributed by atoms with Gasteiger partial charge < -0.3 is 9.31 Å². The van der Waals surface area contributed by atoms with Gasteiger partial charge in [-0.15, -0.1) is 11.3 Å². The molecule has 1 aliphatic heterocycles. The van der Waals surface area contributed by atoms with Crippen molar-refractivity contribution in [2.45, 2.75) is 13.8 Å². The summed E-state index contributed by atoms with van der Waals surface area (Å²) in [5.41, 5.74) is 1.03. The fraction of sp³-hybridized carbons (Fsp3) is 0.500. The van der Waals surface area contributed by atoms with Crippen LogP contribution in [-0.4, -0.2) is 26.6 Å². The minimum absolute atomic E-state index is 0.0833. The van der Waals surface area contributed by atoms with Crippen LogP contribution in [0.1, 0.15) is 23.5 Å². The van der Waals surface area contributed by atoms with Gasteiger partial charge in [0.15, 0.2) is 6.29 Å².